The first kappa shape index (κ1) is 28.1. The van der Waals surface area contributed by atoms with Gasteiger partial charge in [-0.25, -0.2) is 13.8 Å². The van der Waals surface area contributed by atoms with Crippen LogP contribution >= 0.6 is 0 Å². The molecule has 0 radical (unpaired) electrons. The van der Waals surface area contributed by atoms with E-state index in [0.29, 0.717) is 41.2 Å². The highest BCUT2D eigenvalue weighted by molar-refractivity contribution is 6.09. The van der Waals surface area contributed by atoms with Crippen LogP contribution in [0.3, 0.4) is 0 Å². The fourth-order valence-corrected chi connectivity index (χ4v) is 3.55. The Morgan fingerprint density at radius 2 is 1.85 bits per heavy atom. The molecule has 0 saturated carbocycles. The third-order valence-electron chi connectivity index (χ3n) is 5.10. The summed E-state index contributed by atoms with van der Waals surface area (Å²) in [5.74, 6) is 3.25. The Balaban J connectivity index is 0.00000207. The van der Waals surface area contributed by atoms with E-state index in [9.17, 15) is 13.6 Å². The van der Waals surface area contributed by atoms with E-state index in [0.717, 1.165) is 5.56 Å². The lowest BCUT2D eigenvalue weighted by atomic mass is 10.0. The zero-order chi connectivity index (χ0) is 25.0. The van der Waals surface area contributed by atoms with E-state index in [2.05, 4.69) is 22.1 Å². The Morgan fingerprint density at radius 1 is 1.15 bits per heavy atom. The SMILES string of the molecule is CC.CC.CC#Cc1cnc(N2CCCC(F)(F)CC2)c(C(=O)Nc2cccc(C)c2)c1C.[HH]. The first-order chi connectivity index (χ1) is 15.8. The zero-order valence-corrected chi connectivity index (χ0v) is 21.0. The van der Waals surface area contributed by atoms with Crippen LogP contribution in [0.5, 0.6) is 0 Å². The quantitative estimate of drug-likeness (QED) is 0.492. The number of anilines is 2. The van der Waals surface area contributed by atoms with Crippen LogP contribution in [0.1, 0.15) is 82.4 Å². The van der Waals surface area contributed by atoms with Gasteiger partial charge in [-0.3, -0.25) is 4.79 Å². The highest BCUT2D eigenvalue weighted by Crippen LogP contribution is 2.32. The standard InChI is InChI=1S/C23H25F2N3O.2C2H6.H2/c1-4-7-18-15-26-21(28-12-6-10-23(24,25)11-13-28)20(17(18)3)22(29)27-19-9-5-8-16(2)14-19;2*1-2;/h5,8-9,14-15H,6,10-13H2,1-3H3,(H,27,29);2*1-2H3;1H. The number of rotatable bonds is 3. The zero-order valence-electron chi connectivity index (χ0n) is 21.0. The minimum absolute atomic E-state index is 0. The van der Waals surface area contributed by atoms with Gasteiger partial charge in [0, 0.05) is 44.8 Å². The lowest BCUT2D eigenvalue weighted by Crippen LogP contribution is -2.30. The van der Waals surface area contributed by atoms with E-state index < -0.39 is 5.92 Å². The average Bonchev–Trinajstić information content (AvgIpc) is 2.98. The average molecular weight is 460 g/mol. The molecule has 2 heterocycles. The molecule has 1 saturated heterocycles. The molecule has 2 aromatic rings. The second-order valence-electron chi connectivity index (χ2n) is 7.39. The monoisotopic (exact) mass is 459 g/mol. The lowest BCUT2D eigenvalue weighted by molar-refractivity contribution is -0.0102. The summed E-state index contributed by atoms with van der Waals surface area (Å²) in [6.07, 6.45) is 1.58. The highest BCUT2D eigenvalue weighted by Gasteiger charge is 2.33. The van der Waals surface area contributed by atoms with Crippen LogP contribution in [-0.4, -0.2) is 29.9 Å². The molecular formula is C27H39F2N3O. The second kappa shape index (κ2) is 13.6. The molecule has 0 atom stereocenters. The number of nitrogens with one attached hydrogen (secondary N) is 1. The maximum atomic E-state index is 13.8. The Labute approximate surface area is 199 Å². The number of hydrogen-bond acceptors (Lipinski definition) is 3. The van der Waals surface area contributed by atoms with Gasteiger partial charge in [-0.2, -0.15) is 0 Å². The number of carbonyl (C=O) groups excluding carboxylic acids is 1. The summed E-state index contributed by atoms with van der Waals surface area (Å²) in [6, 6.07) is 7.51. The molecule has 33 heavy (non-hydrogen) atoms. The number of halogens is 2. The number of aromatic nitrogens is 1. The summed E-state index contributed by atoms with van der Waals surface area (Å²) in [4.78, 5) is 19.5. The maximum absolute atomic E-state index is 13.8. The van der Waals surface area contributed by atoms with Gasteiger partial charge in [0.05, 0.1) is 5.56 Å². The Hall–Kier alpha value is -2.94. The van der Waals surface area contributed by atoms with Crippen LogP contribution in [0.4, 0.5) is 20.3 Å². The van der Waals surface area contributed by atoms with Crippen molar-refractivity contribution in [3.8, 4) is 11.8 Å². The second-order valence-corrected chi connectivity index (χ2v) is 7.39. The molecule has 182 valence electrons. The van der Waals surface area contributed by atoms with E-state index in [4.69, 9.17) is 0 Å². The van der Waals surface area contributed by atoms with Crippen molar-refractivity contribution in [1.29, 1.82) is 0 Å². The fourth-order valence-electron chi connectivity index (χ4n) is 3.55. The van der Waals surface area contributed by atoms with Crippen molar-refractivity contribution < 1.29 is 15.0 Å². The van der Waals surface area contributed by atoms with Crippen LogP contribution in [0, 0.1) is 25.7 Å². The highest BCUT2D eigenvalue weighted by atomic mass is 19.3. The molecule has 1 amide bonds. The molecule has 0 aliphatic carbocycles. The number of alkyl halides is 2. The van der Waals surface area contributed by atoms with Gasteiger partial charge in [-0.1, -0.05) is 45.7 Å². The third-order valence-corrected chi connectivity index (χ3v) is 5.10. The summed E-state index contributed by atoms with van der Waals surface area (Å²) in [5, 5.41) is 2.92. The Morgan fingerprint density at radius 3 is 2.48 bits per heavy atom. The summed E-state index contributed by atoms with van der Waals surface area (Å²) >= 11 is 0. The minimum Gasteiger partial charge on any atom is -0.356 e. The van der Waals surface area contributed by atoms with E-state index >= 15 is 0 Å². The number of hydrogen-bond donors (Lipinski definition) is 1. The fraction of sp³-hybridized carbons (Fsp3) is 0.481. The molecule has 1 aliphatic rings. The van der Waals surface area contributed by atoms with Crippen LogP contribution in [0.2, 0.25) is 0 Å². The van der Waals surface area contributed by atoms with Crippen LogP contribution in [0.25, 0.3) is 0 Å². The van der Waals surface area contributed by atoms with Gasteiger partial charge in [-0.15, -0.1) is 5.92 Å². The summed E-state index contributed by atoms with van der Waals surface area (Å²) in [6.45, 7) is 14.1. The summed E-state index contributed by atoms with van der Waals surface area (Å²) in [5.41, 5.74) is 3.45. The van der Waals surface area contributed by atoms with Gasteiger partial charge in [0.2, 0.25) is 5.92 Å². The first-order valence-corrected chi connectivity index (χ1v) is 11.7. The minimum atomic E-state index is -2.68. The van der Waals surface area contributed by atoms with Gasteiger partial charge < -0.3 is 10.2 Å². The molecule has 1 aliphatic heterocycles. The van der Waals surface area contributed by atoms with E-state index in [1.807, 2.05) is 65.8 Å². The summed E-state index contributed by atoms with van der Waals surface area (Å²) in [7, 11) is 0. The predicted octanol–water partition coefficient (Wildman–Crippen LogP) is 7.25. The predicted molar refractivity (Wildman–Crippen MR) is 136 cm³/mol. The molecule has 1 N–H and O–H groups in total. The van der Waals surface area contributed by atoms with Gasteiger partial charge in [-0.05, 0) is 50.5 Å². The smallest absolute Gasteiger partial charge is 0.259 e. The molecule has 1 aromatic carbocycles. The molecule has 3 rings (SSSR count). The van der Waals surface area contributed by atoms with Crippen molar-refractivity contribution in [2.45, 2.75) is 73.7 Å². The molecule has 0 unspecified atom stereocenters. The normalized spacial score (nSPS) is 14.3. The number of aryl methyl sites for hydroxylation is 1. The van der Waals surface area contributed by atoms with Crippen LogP contribution in [-0.2, 0) is 0 Å². The first-order valence-electron chi connectivity index (χ1n) is 11.7. The van der Waals surface area contributed by atoms with E-state index in [1.165, 1.54) is 0 Å². The molecule has 0 spiro atoms. The molecule has 1 fully saturated rings. The largest absolute Gasteiger partial charge is 0.356 e. The van der Waals surface area contributed by atoms with Crippen molar-refractivity contribution >= 4 is 17.4 Å². The molecular weight excluding hydrogens is 420 g/mol. The molecule has 1 aromatic heterocycles. The number of amides is 1. The van der Waals surface area contributed by atoms with Gasteiger partial charge in [0.15, 0.2) is 0 Å². The lowest BCUT2D eigenvalue weighted by Gasteiger charge is -2.25. The van der Waals surface area contributed by atoms with Crippen LogP contribution in [0.15, 0.2) is 30.5 Å². The van der Waals surface area contributed by atoms with Crippen molar-refractivity contribution in [1.82, 2.24) is 4.98 Å². The van der Waals surface area contributed by atoms with Crippen molar-refractivity contribution in [2.24, 2.45) is 0 Å². The third kappa shape index (κ3) is 7.85. The maximum Gasteiger partial charge on any atom is 0.259 e. The van der Waals surface area contributed by atoms with Gasteiger partial charge >= 0.3 is 0 Å². The van der Waals surface area contributed by atoms with Crippen molar-refractivity contribution in [3.63, 3.8) is 0 Å². The topological polar surface area (TPSA) is 45.2 Å². The number of benzene rings is 1. The van der Waals surface area contributed by atoms with E-state index in [-0.39, 0.29) is 26.7 Å². The summed E-state index contributed by atoms with van der Waals surface area (Å²) < 4.78 is 27.7. The molecule has 6 heteroatoms. The van der Waals surface area contributed by atoms with E-state index in [1.54, 1.807) is 18.0 Å². The number of carbonyl (C=O) groups is 1. The van der Waals surface area contributed by atoms with Gasteiger partial charge in [0.1, 0.15) is 5.82 Å². The Bertz CT molecular complexity index is 984. The van der Waals surface area contributed by atoms with Crippen molar-refractivity contribution in [3.05, 3.63) is 52.7 Å². The van der Waals surface area contributed by atoms with Gasteiger partial charge in [0.25, 0.3) is 5.91 Å². The van der Waals surface area contributed by atoms with Crippen LogP contribution < -0.4 is 10.2 Å². The number of nitrogens with zero attached hydrogens (tertiary/aromatic N) is 2. The van der Waals surface area contributed by atoms with Crippen molar-refractivity contribution in [2.75, 3.05) is 23.3 Å². The Kier molecular flexibility index (Phi) is 11.6. The number of pyridine rings is 1. The molecule has 4 nitrogen and oxygen atoms in total. The molecule has 0 bridgehead atoms.